The SMILES string of the molecule is CCCCC(CC)NC(=O)N1CCN(C)CC1. The summed E-state index contributed by atoms with van der Waals surface area (Å²) in [5, 5.41) is 3.15. The number of nitrogens with one attached hydrogen (secondary N) is 1. The number of carbonyl (C=O) groups is 1. The van der Waals surface area contributed by atoms with Crippen molar-refractivity contribution in [3.05, 3.63) is 0 Å². The lowest BCUT2D eigenvalue weighted by Crippen LogP contribution is -2.52. The average Bonchev–Trinajstić information content (AvgIpc) is 2.35. The van der Waals surface area contributed by atoms with E-state index in [1.807, 2.05) is 4.90 Å². The van der Waals surface area contributed by atoms with Crippen LogP contribution < -0.4 is 5.32 Å². The Labute approximate surface area is 105 Å². The van der Waals surface area contributed by atoms with Gasteiger partial charge in [-0.3, -0.25) is 0 Å². The molecule has 1 fully saturated rings. The molecule has 4 nitrogen and oxygen atoms in total. The maximum atomic E-state index is 12.0. The van der Waals surface area contributed by atoms with E-state index < -0.39 is 0 Å². The Morgan fingerprint density at radius 3 is 2.41 bits per heavy atom. The minimum absolute atomic E-state index is 0.126. The molecule has 1 rings (SSSR count). The standard InChI is InChI=1S/C13H27N3O/c1-4-6-7-12(5-2)14-13(17)16-10-8-15(3)9-11-16/h12H,4-11H2,1-3H3,(H,14,17). The molecule has 0 aromatic rings. The van der Waals surface area contributed by atoms with Crippen LogP contribution in [0.15, 0.2) is 0 Å². The Morgan fingerprint density at radius 2 is 1.88 bits per heavy atom. The van der Waals surface area contributed by atoms with Crippen molar-refractivity contribution in [1.82, 2.24) is 15.1 Å². The number of rotatable bonds is 5. The minimum Gasteiger partial charge on any atom is -0.335 e. The molecule has 1 N–H and O–H groups in total. The molecular weight excluding hydrogens is 214 g/mol. The maximum absolute atomic E-state index is 12.0. The van der Waals surface area contributed by atoms with Crippen LogP contribution in [0, 0.1) is 0 Å². The molecule has 0 radical (unpaired) electrons. The van der Waals surface area contributed by atoms with Crippen molar-refractivity contribution in [2.45, 2.75) is 45.6 Å². The van der Waals surface area contributed by atoms with E-state index in [1.165, 1.54) is 12.8 Å². The molecule has 0 aromatic heterocycles. The fourth-order valence-electron chi connectivity index (χ4n) is 2.10. The van der Waals surface area contributed by atoms with Crippen LogP contribution in [-0.2, 0) is 0 Å². The first kappa shape index (κ1) is 14.3. The molecule has 17 heavy (non-hydrogen) atoms. The van der Waals surface area contributed by atoms with Crippen molar-refractivity contribution in [1.29, 1.82) is 0 Å². The third-order valence-corrected chi connectivity index (χ3v) is 3.52. The van der Waals surface area contributed by atoms with Crippen molar-refractivity contribution in [3.63, 3.8) is 0 Å². The van der Waals surface area contributed by atoms with Gasteiger partial charge in [0.05, 0.1) is 0 Å². The number of unbranched alkanes of at least 4 members (excludes halogenated alkanes) is 1. The molecule has 0 spiro atoms. The minimum atomic E-state index is 0.126. The third-order valence-electron chi connectivity index (χ3n) is 3.52. The van der Waals surface area contributed by atoms with Crippen LogP contribution in [-0.4, -0.2) is 55.1 Å². The van der Waals surface area contributed by atoms with E-state index in [1.54, 1.807) is 0 Å². The van der Waals surface area contributed by atoms with E-state index in [2.05, 4.69) is 31.1 Å². The van der Waals surface area contributed by atoms with Gasteiger partial charge in [-0.2, -0.15) is 0 Å². The van der Waals surface area contributed by atoms with Crippen molar-refractivity contribution in [2.75, 3.05) is 33.2 Å². The lowest BCUT2D eigenvalue weighted by Gasteiger charge is -2.33. The Morgan fingerprint density at radius 1 is 1.24 bits per heavy atom. The quantitative estimate of drug-likeness (QED) is 0.798. The number of urea groups is 1. The molecule has 1 aliphatic rings. The summed E-state index contributed by atoms with van der Waals surface area (Å²) in [6.45, 7) is 8.01. The molecule has 1 heterocycles. The first-order chi connectivity index (χ1) is 8.17. The van der Waals surface area contributed by atoms with Crippen molar-refractivity contribution in [2.24, 2.45) is 0 Å². The van der Waals surface area contributed by atoms with E-state index in [9.17, 15) is 4.79 Å². The van der Waals surface area contributed by atoms with Gasteiger partial charge < -0.3 is 15.1 Å². The molecule has 100 valence electrons. The molecule has 1 saturated heterocycles. The van der Waals surface area contributed by atoms with Crippen LogP contribution >= 0.6 is 0 Å². The highest BCUT2D eigenvalue weighted by molar-refractivity contribution is 5.74. The summed E-state index contributed by atoms with van der Waals surface area (Å²) in [6.07, 6.45) is 4.52. The van der Waals surface area contributed by atoms with Gasteiger partial charge in [0.1, 0.15) is 0 Å². The summed E-state index contributed by atoms with van der Waals surface area (Å²) in [7, 11) is 2.10. The van der Waals surface area contributed by atoms with Crippen LogP contribution in [0.4, 0.5) is 4.79 Å². The summed E-state index contributed by atoms with van der Waals surface area (Å²) >= 11 is 0. The highest BCUT2D eigenvalue weighted by Gasteiger charge is 2.20. The van der Waals surface area contributed by atoms with Crippen LogP contribution in [0.2, 0.25) is 0 Å². The van der Waals surface area contributed by atoms with Gasteiger partial charge in [-0.15, -0.1) is 0 Å². The zero-order chi connectivity index (χ0) is 12.7. The predicted octanol–water partition coefficient (Wildman–Crippen LogP) is 1.91. The molecule has 0 aliphatic carbocycles. The van der Waals surface area contributed by atoms with Gasteiger partial charge in [0.25, 0.3) is 0 Å². The van der Waals surface area contributed by atoms with Crippen molar-refractivity contribution in [3.8, 4) is 0 Å². The molecule has 4 heteroatoms. The fourth-order valence-corrected chi connectivity index (χ4v) is 2.10. The Balaban J connectivity index is 2.31. The number of amides is 2. The molecule has 0 bridgehead atoms. The van der Waals surface area contributed by atoms with E-state index in [-0.39, 0.29) is 6.03 Å². The second-order valence-corrected chi connectivity index (χ2v) is 4.99. The smallest absolute Gasteiger partial charge is 0.317 e. The predicted molar refractivity (Wildman–Crippen MR) is 71.2 cm³/mol. The molecule has 0 aromatic carbocycles. The Hall–Kier alpha value is -0.770. The third kappa shape index (κ3) is 4.94. The van der Waals surface area contributed by atoms with Crippen LogP contribution in [0.3, 0.4) is 0 Å². The summed E-state index contributed by atoms with van der Waals surface area (Å²) < 4.78 is 0. The van der Waals surface area contributed by atoms with E-state index in [0.29, 0.717) is 6.04 Å². The van der Waals surface area contributed by atoms with Gasteiger partial charge in [-0.05, 0) is 19.9 Å². The van der Waals surface area contributed by atoms with Gasteiger partial charge >= 0.3 is 6.03 Å². The second kappa shape index (κ2) is 7.54. The number of hydrogen-bond acceptors (Lipinski definition) is 2. The summed E-state index contributed by atoms with van der Waals surface area (Å²) in [4.78, 5) is 16.2. The van der Waals surface area contributed by atoms with E-state index >= 15 is 0 Å². The zero-order valence-corrected chi connectivity index (χ0v) is 11.5. The lowest BCUT2D eigenvalue weighted by molar-refractivity contribution is 0.151. The van der Waals surface area contributed by atoms with Crippen LogP contribution in [0.25, 0.3) is 0 Å². The van der Waals surface area contributed by atoms with Crippen LogP contribution in [0.1, 0.15) is 39.5 Å². The first-order valence-corrected chi connectivity index (χ1v) is 6.91. The number of likely N-dealkylation sites (N-methyl/N-ethyl adjacent to an activating group) is 1. The Bertz CT molecular complexity index is 225. The van der Waals surface area contributed by atoms with Gasteiger partial charge in [0.2, 0.25) is 0 Å². The molecule has 1 atom stereocenters. The molecule has 2 amide bonds. The number of carbonyl (C=O) groups excluding carboxylic acids is 1. The Kier molecular flexibility index (Phi) is 6.34. The van der Waals surface area contributed by atoms with Gasteiger partial charge in [-0.25, -0.2) is 4.79 Å². The largest absolute Gasteiger partial charge is 0.335 e. The van der Waals surface area contributed by atoms with E-state index in [0.717, 1.165) is 39.0 Å². The zero-order valence-electron chi connectivity index (χ0n) is 11.5. The van der Waals surface area contributed by atoms with Crippen molar-refractivity contribution < 1.29 is 4.79 Å². The topological polar surface area (TPSA) is 35.6 Å². The second-order valence-electron chi connectivity index (χ2n) is 4.99. The van der Waals surface area contributed by atoms with Crippen molar-refractivity contribution >= 4 is 6.03 Å². The molecular formula is C13H27N3O. The fraction of sp³-hybridized carbons (Fsp3) is 0.923. The van der Waals surface area contributed by atoms with Crippen LogP contribution in [0.5, 0.6) is 0 Å². The number of piperazine rings is 1. The lowest BCUT2D eigenvalue weighted by atomic mass is 10.1. The normalized spacial score (nSPS) is 19.1. The number of hydrogen-bond donors (Lipinski definition) is 1. The van der Waals surface area contributed by atoms with Gasteiger partial charge in [0.15, 0.2) is 0 Å². The van der Waals surface area contributed by atoms with Gasteiger partial charge in [-0.1, -0.05) is 26.7 Å². The molecule has 0 saturated carbocycles. The molecule has 1 unspecified atom stereocenters. The summed E-state index contributed by atoms with van der Waals surface area (Å²) in [5.41, 5.74) is 0. The van der Waals surface area contributed by atoms with Gasteiger partial charge in [0, 0.05) is 32.2 Å². The summed E-state index contributed by atoms with van der Waals surface area (Å²) in [5.74, 6) is 0. The number of nitrogens with zero attached hydrogens (tertiary/aromatic N) is 2. The molecule has 1 aliphatic heterocycles. The summed E-state index contributed by atoms with van der Waals surface area (Å²) in [6, 6.07) is 0.475. The highest BCUT2D eigenvalue weighted by Crippen LogP contribution is 2.06. The highest BCUT2D eigenvalue weighted by atomic mass is 16.2. The average molecular weight is 241 g/mol. The first-order valence-electron chi connectivity index (χ1n) is 6.91. The monoisotopic (exact) mass is 241 g/mol. The maximum Gasteiger partial charge on any atom is 0.317 e. The van der Waals surface area contributed by atoms with E-state index in [4.69, 9.17) is 0 Å².